The van der Waals surface area contributed by atoms with E-state index in [1.54, 1.807) is 0 Å². The molecule has 8 rings (SSSR count). The Kier molecular flexibility index (Phi) is 10.5. The summed E-state index contributed by atoms with van der Waals surface area (Å²) in [4.78, 5) is 59.3. The molecule has 10 nitrogen and oxygen atoms in total. The van der Waals surface area contributed by atoms with E-state index in [1.165, 1.54) is 55.7 Å². The number of aromatic hydroxyl groups is 1. The van der Waals surface area contributed by atoms with E-state index in [0.29, 0.717) is 5.01 Å². The van der Waals surface area contributed by atoms with Crippen molar-refractivity contribution in [3.8, 4) is 17.2 Å². The summed E-state index contributed by atoms with van der Waals surface area (Å²) in [6.45, 7) is 0. The number of methoxy groups -OCH3 is 1. The van der Waals surface area contributed by atoms with Gasteiger partial charge in [0.25, 0.3) is 11.8 Å². The van der Waals surface area contributed by atoms with Crippen LogP contribution in [0.5, 0.6) is 17.2 Å². The van der Waals surface area contributed by atoms with Crippen LogP contribution in [0.3, 0.4) is 0 Å². The zero-order valence-electron chi connectivity index (χ0n) is 31.8. The largest absolute Gasteiger partial charge is 0.573 e. The predicted octanol–water partition coefficient (Wildman–Crippen LogP) is 9.83. The van der Waals surface area contributed by atoms with E-state index in [9.17, 15) is 59.0 Å². The van der Waals surface area contributed by atoms with E-state index < -0.39 is 124 Å². The van der Waals surface area contributed by atoms with Crippen molar-refractivity contribution in [2.24, 2.45) is 23.7 Å². The number of benzene rings is 4. The molecule has 2 heterocycles. The molecular formula is C42H28Cl2F9N3O7. The first kappa shape index (κ1) is 43.7. The number of anilines is 2. The van der Waals surface area contributed by atoms with Crippen LogP contribution in [0.1, 0.15) is 41.0 Å². The highest BCUT2D eigenvalue weighted by molar-refractivity contribution is 6.36. The second-order valence-electron chi connectivity index (χ2n) is 15.3. The number of fused-ring (bicyclic) bond motifs is 4. The molecule has 2 saturated heterocycles. The second kappa shape index (κ2) is 15.1. The van der Waals surface area contributed by atoms with Gasteiger partial charge in [-0.25, -0.2) is 4.90 Å². The number of allylic oxidation sites excluding steroid dienone is 2. The first-order chi connectivity index (χ1) is 29.4. The highest BCUT2D eigenvalue weighted by atomic mass is 35.5. The van der Waals surface area contributed by atoms with Crippen molar-refractivity contribution < 1.29 is 73.3 Å². The van der Waals surface area contributed by atoms with Crippen molar-refractivity contribution in [2.75, 3.05) is 17.4 Å². The molecule has 4 aromatic carbocycles. The van der Waals surface area contributed by atoms with Crippen LogP contribution in [0, 0.1) is 23.7 Å². The minimum atomic E-state index is -5.34. The standard InChI is InChI=1S/C42H28Cl2F9N3O7/c1-62-23-5-2-18(3-6-23)39-29(36(59)56(38(39)61)54-31-10-4-21(43)15-30(31)44)17-27-25(34(39)28-16-24(7-11-32(28)57)63-42(51,52)53)8-9-26-33(27)37(60)55(35(26)58)22-13-19(40(45,46)47)12-20(14-22)41(48,49)50/h2-8,10-16,26-27,29,33-34,54,57H,9,17H2,1H3. The van der Waals surface area contributed by atoms with E-state index in [-0.39, 0.29) is 55.7 Å². The number of hydrogen-bond acceptors (Lipinski definition) is 8. The maximum Gasteiger partial charge on any atom is 0.573 e. The molecule has 4 amide bonds. The number of nitrogens with zero attached hydrogens (tertiary/aromatic N) is 2. The van der Waals surface area contributed by atoms with Gasteiger partial charge in [-0.05, 0) is 91.1 Å². The fraction of sp³-hybridized carbons (Fsp3) is 0.286. The number of amides is 4. The minimum absolute atomic E-state index is 0.00511. The molecular weight excluding hydrogens is 900 g/mol. The molecule has 6 unspecified atom stereocenters. The van der Waals surface area contributed by atoms with Crippen LogP contribution >= 0.6 is 23.2 Å². The molecule has 2 N–H and O–H groups in total. The lowest BCUT2D eigenvalue weighted by molar-refractivity contribution is -0.274. The molecule has 4 aromatic rings. The summed E-state index contributed by atoms with van der Waals surface area (Å²) in [6.07, 6.45) is -15.4. The van der Waals surface area contributed by atoms with Crippen LogP contribution in [0.15, 0.2) is 90.5 Å². The number of alkyl halides is 9. The van der Waals surface area contributed by atoms with Crippen LogP contribution in [0.4, 0.5) is 50.9 Å². The van der Waals surface area contributed by atoms with Gasteiger partial charge in [-0.3, -0.25) is 24.6 Å². The van der Waals surface area contributed by atoms with Crippen molar-refractivity contribution in [1.82, 2.24) is 5.01 Å². The fourth-order valence-electron chi connectivity index (χ4n) is 9.47. The number of carbonyl (C=O) groups excluding carboxylic acids is 4. The third-order valence-corrected chi connectivity index (χ3v) is 12.5. The molecule has 3 fully saturated rings. The number of imide groups is 2. The topological polar surface area (TPSA) is 125 Å². The number of nitrogens with one attached hydrogen (secondary N) is 1. The van der Waals surface area contributed by atoms with Crippen molar-refractivity contribution >= 4 is 58.2 Å². The van der Waals surface area contributed by atoms with Crippen molar-refractivity contribution in [1.29, 1.82) is 0 Å². The Balaban J connectivity index is 1.34. The number of ether oxygens (including phenoxy) is 2. The van der Waals surface area contributed by atoms with E-state index in [4.69, 9.17) is 27.9 Å². The first-order valence-electron chi connectivity index (χ1n) is 18.7. The van der Waals surface area contributed by atoms with E-state index in [0.717, 1.165) is 18.2 Å². The van der Waals surface area contributed by atoms with Gasteiger partial charge in [-0.15, -0.1) is 13.2 Å². The Labute approximate surface area is 359 Å². The summed E-state index contributed by atoms with van der Waals surface area (Å²) in [5.41, 5.74) is -4.42. The normalized spacial score (nSPS) is 24.8. The van der Waals surface area contributed by atoms with Gasteiger partial charge < -0.3 is 14.6 Å². The molecule has 1 saturated carbocycles. The number of phenols is 1. The number of phenolic OH excluding ortho intramolecular Hbond substituents is 1. The van der Waals surface area contributed by atoms with Gasteiger partial charge in [0.2, 0.25) is 11.8 Å². The van der Waals surface area contributed by atoms with Crippen LogP contribution in [-0.2, 0) is 36.9 Å². The lowest BCUT2D eigenvalue weighted by Gasteiger charge is -2.50. The first-order valence-corrected chi connectivity index (χ1v) is 19.4. The molecule has 2 aliphatic heterocycles. The van der Waals surface area contributed by atoms with Gasteiger partial charge in [0.05, 0.1) is 57.8 Å². The van der Waals surface area contributed by atoms with Gasteiger partial charge in [0, 0.05) is 16.5 Å². The Morgan fingerprint density at radius 3 is 1.98 bits per heavy atom. The van der Waals surface area contributed by atoms with Gasteiger partial charge in [-0.2, -0.15) is 31.4 Å². The number of rotatable bonds is 7. The average Bonchev–Trinajstić information content (AvgIpc) is 3.58. The Morgan fingerprint density at radius 1 is 0.762 bits per heavy atom. The summed E-state index contributed by atoms with van der Waals surface area (Å²) in [6, 6.07) is 12.4. The Bertz CT molecular complexity index is 2590. The van der Waals surface area contributed by atoms with Crippen LogP contribution in [0.2, 0.25) is 10.0 Å². The van der Waals surface area contributed by atoms with Crippen LogP contribution in [-0.4, -0.2) is 47.2 Å². The smallest absolute Gasteiger partial charge is 0.508 e. The lowest BCUT2D eigenvalue weighted by Crippen LogP contribution is -2.53. The molecule has 6 atom stereocenters. The van der Waals surface area contributed by atoms with Gasteiger partial charge in [0.1, 0.15) is 17.2 Å². The van der Waals surface area contributed by atoms with Crippen LogP contribution < -0.4 is 19.8 Å². The quantitative estimate of drug-likeness (QED) is 0.107. The average molecular weight is 929 g/mol. The SMILES string of the molecule is COc1ccc(C23C(=O)N(Nc4ccc(Cl)cc4Cl)C(=O)C2CC2C(=CCC4C(=O)N(c5cc(C(F)(F)F)cc(C(F)(F)F)c5)C(=O)C42)C3c2cc(OC(F)(F)F)ccc2O)cc1. The molecule has 0 radical (unpaired) electrons. The zero-order chi connectivity index (χ0) is 45.7. The molecule has 0 aromatic heterocycles. The molecule has 0 bridgehead atoms. The lowest BCUT2D eigenvalue weighted by atomic mass is 9.49. The van der Waals surface area contributed by atoms with Crippen molar-refractivity contribution in [3.05, 3.63) is 123 Å². The minimum Gasteiger partial charge on any atom is -0.508 e. The fourth-order valence-corrected chi connectivity index (χ4v) is 9.92. The van der Waals surface area contributed by atoms with Gasteiger partial charge in [-0.1, -0.05) is 47.0 Å². The monoisotopic (exact) mass is 927 g/mol. The van der Waals surface area contributed by atoms with Gasteiger partial charge in [0.15, 0.2) is 0 Å². The molecule has 330 valence electrons. The van der Waals surface area contributed by atoms with Crippen molar-refractivity contribution in [2.45, 2.75) is 42.9 Å². The molecule has 21 heteroatoms. The third-order valence-electron chi connectivity index (χ3n) is 12.0. The maximum atomic E-state index is 15.4. The zero-order valence-corrected chi connectivity index (χ0v) is 33.3. The number of hydrazine groups is 1. The van der Waals surface area contributed by atoms with E-state index in [2.05, 4.69) is 10.2 Å². The van der Waals surface area contributed by atoms with E-state index in [1.807, 2.05) is 0 Å². The summed E-state index contributed by atoms with van der Waals surface area (Å²) >= 11 is 12.5. The molecule has 2 aliphatic carbocycles. The van der Waals surface area contributed by atoms with Crippen molar-refractivity contribution in [3.63, 3.8) is 0 Å². The highest BCUT2D eigenvalue weighted by Crippen LogP contribution is 2.65. The Hall–Kier alpha value is -5.95. The summed E-state index contributed by atoms with van der Waals surface area (Å²) in [7, 11) is 1.34. The maximum absolute atomic E-state index is 15.4. The van der Waals surface area contributed by atoms with Crippen LogP contribution in [0.25, 0.3) is 0 Å². The molecule has 0 spiro atoms. The number of hydrogen-bond donors (Lipinski definition) is 2. The number of carbonyl (C=O) groups is 4. The van der Waals surface area contributed by atoms with E-state index >= 15 is 4.79 Å². The highest BCUT2D eigenvalue weighted by Gasteiger charge is 2.71. The molecule has 63 heavy (non-hydrogen) atoms. The van der Waals surface area contributed by atoms with Gasteiger partial charge >= 0.3 is 18.7 Å². The molecule has 4 aliphatic rings. The summed E-state index contributed by atoms with van der Waals surface area (Å²) < 4.78 is 134. The predicted molar refractivity (Wildman–Crippen MR) is 204 cm³/mol. The summed E-state index contributed by atoms with van der Waals surface area (Å²) in [5.74, 6) is -13.3. The summed E-state index contributed by atoms with van der Waals surface area (Å²) in [5, 5.41) is 12.3. The third kappa shape index (κ3) is 7.27. The second-order valence-corrected chi connectivity index (χ2v) is 16.1. The Morgan fingerprint density at radius 2 is 1.40 bits per heavy atom. The number of halogens is 11.